The Bertz CT molecular complexity index is 452. The quantitative estimate of drug-likeness (QED) is 0.926. The summed E-state index contributed by atoms with van der Waals surface area (Å²) >= 11 is 0. The van der Waals surface area contributed by atoms with Crippen molar-refractivity contribution >= 4 is 11.5 Å². The molecule has 2 fully saturated rings. The molecule has 2 heterocycles. The van der Waals surface area contributed by atoms with Crippen molar-refractivity contribution in [3.63, 3.8) is 0 Å². The van der Waals surface area contributed by atoms with Gasteiger partial charge in [0.15, 0.2) is 0 Å². The third-order valence-electron chi connectivity index (χ3n) is 4.66. The fourth-order valence-corrected chi connectivity index (χ4v) is 3.51. The first-order valence-electron chi connectivity index (χ1n) is 8.18. The number of rotatable bonds is 3. The van der Waals surface area contributed by atoms with E-state index in [1.807, 2.05) is 6.20 Å². The Morgan fingerprint density at radius 2 is 2.10 bits per heavy atom. The van der Waals surface area contributed by atoms with Gasteiger partial charge in [-0.1, -0.05) is 20.3 Å². The highest BCUT2D eigenvalue weighted by molar-refractivity contribution is 5.49. The summed E-state index contributed by atoms with van der Waals surface area (Å²) in [6.45, 7) is 8.24. The van der Waals surface area contributed by atoms with Crippen molar-refractivity contribution in [1.82, 2.24) is 4.98 Å². The number of morpholine rings is 1. The highest BCUT2D eigenvalue weighted by atomic mass is 16.5. The Hall–Kier alpha value is -1.29. The lowest BCUT2D eigenvalue weighted by molar-refractivity contribution is 0.122. The summed E-state index contributed by atoms with van der Waals surface area (Å²) in [5.74, 6) is 1.06. The number of hydrogen-bond acceptors (Lipinski definition) is 4. The number of pyridine rings is 1. The lowest BCUT2D eigenvalue weighted by atomic mass is 9.75. The van der Waals surface area contributed by atoms with Gasteiger partial charge in [-0.05, 0) is 36.8 Å². The summed E-state index contributed by atoms with van der Waals surface area (Å²) in [6.07, 6.45) is 7.17. The maximum absolute atomic E-state index is 5.38. The lowest BCUT2D eigenvalue weighted by Crippen LogP contribution is -2.36. The number of ether oxygens (including phenoxy) is 1. The van der Waals surface area contributed by atoms with Crippen molar-refractivity contribution in [1.29, 1.82) is 0 Å². The summed E-state index contributed by atoms with van der Waals surface area (Å²) in [6, 6.07) is 4.88. The number of anilines is 2. The smallest absolute Gasteiger partial charge is 0.128 e. The molecule has 21 heavy (non-hydrogen) atoms. The van der Waals surface area contributed by atoms with Gasteiger partial charge in [0.2, 0.25) is 0 Å². The average Bonchev–Trinajstić information content (AvgIpc) is 2.48. The van der Waals surface area contributed by atoms with Gasteiger partial charge in [0.1, 0.15) is 5.82 Å². The minimum atomic E-state index is 0.469. The van der Waals surface area contributed by atoms with Crippen LogP contribution in [-0.4, -0.2) is 37.3 Å². The van der Waals surface area contributed by atoms with Gasteiger partial charge in [-0.2, -0.15) is 0 Å². The van der Waals surface area contributed by atoms with E-state index < -0.39 is 0 Å². The second-order valence-electron chi connectivity index (χ2n) is 7.11. The van der Waals surface area contributed by atoms with Crippen LogP contribution in [0.3, 0.4) is 0 Å². The van der Waals surface area contributed by atoms with Crippen LogP contribution in [0.5, 0.6) is 0 Å². The van der Waals surface area contributed by atoms with Crippen LogP contribution in [-0.2, 0) is 4.74 Å². The summed E-state index contributed by atoms with van der Waals surface area (Å²) < 4.78 is 5.38. The molecule has 1 saturated carbocycles. The van der Waals surface area contributed by atoms with Crippen LogP contribution in [0.1, 0.15) is 39.5 Å². The lowest BCUT2D eigenvalue weighted by Gasteiger charge is -2.36. The van der Waals surface area contributed by atoms with Crippen LogP contribution in [0.15, 0.2) is 18.3 Å². The monoisotopic (exact) mass is 289 g/mol. The summed E-state index contributed by atoms with van der Waals surface area (Å²) in [4.78, 5) is 6.90. The van der Waals surface area contributed by atoms with Gasteiger partial charge in [-0.3, -0.25) is 0 Å². The van der Waals surface area contributed by atoms with Gasteiger partial charge in [0, 0.05) is 19.1 Å². The molecular formula is C17H27N3O. The van der Waals surface area contributed by atoms with Gasteiger partial charge >= 0.3 is 0 Å². The summed E-state index contributed by atoms with van der Waals surface area (Å²) in [7, 11) is 0. The van der Waals surface area contributed by atoms with Crippen molar-refractivity contribution < 1.29 is 4.74 Å². The second-order valence-corrected chi connectivity index (χ2v) is 7.11. The van der Waals surface area contributed by atoms with E-state index in [4.69, 9.17) is 4.74 Å². The van der Waals surface area contributed by atoms with Crippen LogP contribution >= 0.6 is 0 Å². The van der Waals surface area contributed by atoms with Gasteiger partial charge in [0.05, 0.1) is 25.1 Å². The first-order valence-corrected chi connectivity index (χ1v) is 8.18. The van der Waals surface area contributed by atoms with Crippen molar-refractivity contribution in [2.24, 2.45) is 5.41 Å². The normalized spacial score (nSPS) is 25.6. The molecule has 4 nitrogen and oxygen atoms in total. The molecule has 116 valence electrons. The molecule has 3 rings (SSSR count). The van der Waals surface area contributed by atoms with Crippen LogP contribution < -0.4 is 10.2 Å². The first-order chi connectivity index (χ1) is 10.1. The molecule has 1 N–H and O–H groups in total. The van der Waals surface area contributed by atoms with E-state index in [9.17, 15) is 0 Å². The van der Waals surface area contributed by atoms with Crippen molar-refractivity contribution in [3.8, 4) is 0 Å². The topological polar surface area (TPSA) is 37.4 Å². The Morgan fingerprint density at radius 1 is 1.29 bits per heavy atom. The SMILES string of the molecule is CC1(C)CCCC(Nc2ccc(N3CCOCC3)nc2)C1. The standard InChI is InChI=1S/C17H27N3O/c1-17(2)7-3-4-14(12-17)19-15-5-6-16(18-13-15)20-8-10-21-11-9-20/h5-6,13-14,19H,3-4,7-12H2,1-2H3. The van der Waals surface area contributed by atoms with E-state index in [2.05, 4.69) is 41.2 Å². The molecule has 2 aliphatic rings. The molecule has 1 saturated heterocycles. The van der Waals surface area contributed by atoms with Crippen LogP contribution in [0.4, 0.5) is 11.5 Å². The molecule has 1 aliphatic heterocycles. The minimum Gasteiger partial charge on any atom is -0.381 e. The molecule has 0 aromatic carbocycles. The largest absolute Gasteiger partial charge is 0.381 e. The maximum atomic E-state index is 5.38. The molecule has 0 bridgehead atoms. The Kier molecular flexibility index (Phi) is 4.34. The highest BCUT2D eigenvalue weighted by Gasteiger charge is 2.27. The van der Waals surface area contributed by atoms with E-state index in [0.717, 1.165) is 37.8 Å². The van der Waals surface area contributed by atoms with Crippen LogP contribution in [0.2, 0.25) is 0 Å². The molecule has 0 spiro atoms. The molecule has 1 aromatic rings. The predicted octanol–water partition coefficient (Wildman–Crippen LogP) is 3.30. The Labute approximate surface area is 127 Å². The number of nitrogens with one attached hydrogen (secondary N) is 1. The molecule has 1 atom stereocenters. The van der Waals surface area contributed by atoms with E-state index in [0.29, 0.717) is 11.5 Å². The van der Waals surface area contributed by atoms with E-state index in [-0.39, 0.29) is 0 Å². The molecule has 1 aliphatic carbocycles. The van der Waals surface area contributed by atoms with E-state index in [1.165, 1.54) is 25.7 Å². The number of hydrogen-bond donors (Lipinski definition) is 1. The van der Waals surface area contributed by atoms with Crippen molar-refractivity contribution in [2.45, 2.75) is 45.6 Å². The van der Waals surface area contributed by atoms with E-state index >= 15 is 0 Å². The minimum absolute atomic E-state index is 0.469. The predicted molar refractivity (Wildman–Crippen MR) is 86.9 cm³/mol. The molecule has 4 heteroatoms. The highest BCUT2D eigenvalue weighted by Crippen LogP contribution is 2.36. The molecule has 1 unspecified atom stereocenters. The summed E-state index contributed by atoms with van der Waals surface area (Å²) in [5, 5.41) is 3.66. The molecule has 0 amide bonds. The zero-order valence-electron chi connectivity index (χ0n) is 13.3. The zero-order chi connectivity index (χ0) is 14.7. The fraction of sp³-hybridized carbons (Fsp3) is 0.706. The first kappa shape index (κ1) is 14.6. The van der Waals surface area contributed by atoms with Crippen molar-refractivity contribution in [2.75, 3.05) is 36.5 Å². The second kappa shape index (κ2) is 6.22. The fourth-order valence-electron chi connectivity index (χ4n) is 3.51. The zero-order valence-corrected chi connectivity index (χ0v) is 13.3. The van der Waals surface area contributed by atoms with Gasteiger partial charge in [-0.25, -0.2) is 4.98 Å². The van der Waals surface area contributed by atoms with Crippen molar-refractivity contribution in [3.05, 3.63) is 18.3 Å². The van der Waals surface area contributed by atoms with Crippen LogP contribution in [0.25, 0.3) is 0 Å². The number of nitrogens with zero attached hydrogens (tertiary/aromatic N) is 2. The Morgan fingerprint density at radius 3 is 2.76 bits per heavy atom. The van der Waals surface area contributed by atoms with Gasteiger partial charge in [-0.15, -0.1) is 0 Å². The Balaban J connectivity index is 1.59. The molecule has 0 radical (unpaired) electrons. The van der Waals surface area contributed by atoms with Crippen LogP contribution in [0, 0.1) is 5.41 Å². The third kappa shape index (κ3) is 3.88. The maximum Gasteiger partial charge on any atom is 0.128 e. The average molecular weight is 289 g/mol. The summed E-state index contributed by atoms with van der Waals surface area (Å²) in [5.41, 5.74) is 1.62. The third-order valence-corrected chi connectivity index (χ3v) is 4.66. The number of aromatic nitrogens is 1. The van der Waals surface area contributed by atoms with Gasteiger partial charge in [0.25, 0.3) is 0 Å². The van der Waals surface area contributed by atoms with Gasteiger partial charge < -0.3 is 15.0 Å². The molecular weight excluding hydrogens is 262 g/mol. The molecule has 1 aromatic heterocycles. The van der Waals surface area contributed by atoms with E-state index in [1.54, 1.807) is 0 Å².